The second-order valence-electron chi connectivity index (χ2n) is 2.55. The molecule has 0 amide bonds. The van der Waals surface area contributed by atoms with E-state index in [1.54, 1.807) is 0 Å². The monoisotopic (exact) mass is 192 g/mol. The van der Waals surface area contributed by atoms with Gasteiger partial charge in [0.1, 0.15) is 12.7 Å². The summed E-state index contributed by atoms with van der Waals surface area (Å²) in [6.07, 6.45) is 2.84. The SMILES string of the molecule is CCNCCOc1cnc(C#N)cn1. The van der Waals surface area contributed by atoms with Gasteiger partial charge in [-0.05, 0) is 6.54 Å². The molecule has 0 bridgehead atoms. The third-order valence-electron chi connectivity index (χ3n) is 1.52. The van der Waals surface area contributed by atoms with Crippen LogP contribution in [0.4, 0.5) is 0 Å². The van der Waals surface area contributed by atoms with Crippen LogP contribution in [-0.2, 0) is 0 Å². The Labute approximate surface area is 82.8 Å². The number of rotatable bonds is 5. The number of hydrogen-bond acceptors (Lipinski definition) is 5. The Kier molecular flexibility index (Phi) is 4.38. The molecule has 1 heterocycles. The van der Waals surface area contributed by atoms with E-state index < -0.39 is 0 Å². The number of ether oxygens (including phenoxy) is 1. The summed E-state index contributed by atoms with van der Waals surface area (Å²) >= 11 is 0. The molecule has 0 aromatic carbocycles. The van der Waals surface area contributed by atoms with Gasteiger partial charge in [-0.3, -0.25) is 0 Å². The quantitative estimate of drug-likeness (QED) is 0.681. The van der Waals surface area contributed by atoms with Gasteiger partial charge in [-0.15, -0.1) is 0 Å². The predicted octanol–water partition coefficient (Wildman–Crippen LogP) is 0.337. The highest BCUT2D eigenvalue weighted by Crippen LogP contribution is 2.02. The van der Waals surface area contributed by atoms with Gasteiger partial charge in [0.25, 0.3) is 0 Å². The van der Waals surface area contributed by atoms with Crippen molar-refractivity contribution < 1.29 is 4.74 Å². The molecule has 0 aliphatic heterocycles. The molecule has 0 saturated carbocycles. The van der Waals surface area contributed by atoms with E-state index in [0.29, 0.717) is 18.2 Å². The van der Waals surface area contributed by atoms with Crippen molar-refractivity contribution in [1.82, 2.24) is 15.3 Å². The zero-order valence-electron chi connectivity index (χ0n) is 8.03. The van der Waals surface area contributed by atoms with Crippen LogP contribution in [0.1, 0.15) is 12.6 Å². The highest BCUT2D eigenvalue weighted by Gasteiger charge is 1.96. The first-order valence-electron chi connectivity index (χ1n) is 4.42. The molecule has 0 saturated heterocycles. The molecule has 1 rings (SSSR count). The van der Waals surface area contributed by atoms with Gasteiger partial charge in [0.05, 0.1) is 12.4 Å². The Morgan fingerprint density at radius 2 is 2.36 bits per heavy atom. The van der Waals surface area contributed by atoms with E-state index in [1.807, 2.05) is 13.0 Å². The Bertz CT molecular complexity index is 304. The molecule has 0 spiro atoms. The maximum Gasteiger partial charge on any atom is 0.232 e. The molecule has 0 aliphatic carbocycles. The average Bonchev–Trinajstić information content (AvgIpc) is 2.25. The molecular formula is C9H12N4O. The highest BCUT2D eigenvalue weighted by molar-refractivity contribution is 5.18. The van der Waals surface area contributed by atoms with E-state index in [9.17, 15) is 0 Å². The summed E-state index contributed by atoms with van der Waals surface area (Å²) in [5.74, 6) is 0.446. The normalized spacial score (nSPS) is 9.43. The molecule has 5 heteroatoms. The summed E-state index contributed by atoms with van der Waals surface area (Å²) in [6, 6.07) is 1.89. The molecular weight excluding hydrogens is 180 g/mol. The first-order chi connectivity index (χ1) is 6.86. The van der Waals surface area contributed by atoms with Crippen molar-refractivity contribution >= 4 is 0 Å². The molecule has 1 aromatic rings. The van der Waals surface area contributed by atoms with Gasteiger partial charge < -0.3 is 10.1 Å². The smallest absolute Gasteiger partial charge is 0.232 e. The Balaban J connectivity index is 2.33. The lowest BCUT2D eigenvalue weighted by atomic mass is 10.5. The fraction of sp³-hybridized carbons (Fsp3) is 0.444. The first kappa shape index (κ1) is 10.4. The fourth-order valence-electron chi connectivity index (χ4n) is 0.853. The lowest BCUT2D eigenvalue weighted by Gasteiger charge is -2.04. The number of aromatic nitrogens is 2. The van der Waals surface area contributed by atoms with E-state index in [1.165, 1.54) is 12.4 Å². The zero-order valence-corrected chi connectivity index (χ0v) is 8.03. The third-order valence-corrected chi connectivity index (χ3v) is 1.52. The van der Waals surface area contributed by atoms with Gasteiger partial charge >= 0.3 is 0 Å². The Morgan fingerprint density at radius 1 is 1.50 bits per heavy atom. The van der Waals surface area contributed by atoms with Crippen LogP contribution in [0.3, 0.4) is 0 Å². The lowest BCUT2D eigenvalue weighted by Crippen LogP contribution is -2.20. The minimum Gasteiger partial charge on any atom is -0.475 e. The van der Waals surface area contributed by atoms with E-state index in [-0.39, 0.29) is 0 Å². The van der Waals surface area contributed by atoms with Crippen LogP contribution in [0.2, 0.25) is 0 Å². The van der Waals surface area contributed by atoms with Crippen molar-refractivity contribution in [2.45, 2.75) is 6.92 Å². The molecule has 0 unspecified atom stereocenters. The van der Waals surface area contributed by atoms with Crippen molar-refractivity contribution in [3.05, 3.63) is 18.1 Å². The maximum absolute atomic E-state index is 8.47. The maximum atomic E-state index is 8.47. The molecule has 1 N–H and O–H groups in total. The zero-order chi connectivity index (χ0) is 10.2. The molecule has 0 aliphatic rings. The second-order valence-corrected chi connectivity index (χ2v) is 2.55. The van der Waals surface area contributed by atoms with Gasteiger partial charge in [-0.1, -0.05) is 6.92 Å². The van der Waals surface area contributed by atoms with Crippen molar-refractivity contribution in [1.29, 1.82) is 5.26 Å². The van der Waals surface area contributed by atoms with Crippen molar-refractivity contribution in [3.63, 3.8) is 0 Å². The minimum absolute atomic E-state index is 0.295. The predicted molar refractivity (Wildman–Crippen MR) is 50.8 cm³/mol. The van der Waals surface area contributed by atoms with Crippen molar-refractivity contribution in [3.8, 4) is 11.9 Å². The van der Waals surface area contributed by atoms with E-state index in [0.717, 1.165) is 13.1 Å². The first-order valence-corrected chi connectivity index (χ1v) is 4.42. The van der Waals surface area contributed by atoms with Crippen molar-refractivity contribution in [2.24, 2.45) is 0 Å². The summed E-state index contributed by atoms with van der Waals surface area (Å²) in [7, 11) is 0. The second kappa shape index (κ2) is 5.89. The van der Waals surface area contributed by atoms with Crippen LogP contribution < -0.4 is 10.1 Å². The number of nitrogens with zero attached hydrogens (tertiary/aromatic N) is 3. The van der Waals surface area contributed by atoms with Crippen LogP contribution >= 0.6 is 0 Å². The standard InChI is InChI=1S/C9H12N4O/c1-2-11-3-4-14-9-7-12-8(5-10)6-13-9/h6-7,11H,2-4H2,1H3. The molecule has 1 aromatic heterocycles. The van der Waals surface area contributed by atoms with Gasteiger partial charge in [0.15, 0.2) is 5.69 Å². The van der Waals surface area contributed by atoms with E-state index >= 15 is 0 Å². The fourth-order valence-corrected chi connectivity index (χ4v) is 0.853. The van der Waals surface area contributed by atoms with Gasteiger partial charge in [-0.25, -0.2) is 9.97 Å². The molecule has 5 nitrogen and oxygen atoms in total. The van der Waals surface area contributed by atoms with Crippen LogP contribution in [0.15, 0.2) is 12.4 Å². The van der Waals surface area contributed by atoms with E-state index in [2.05, 4.69) is 15.3 Å². The summed E-state index contributed by atoms with van der Waals surface area (Å²) in [5, 5.41) is 11.6. The number of nitriles is 1. The summed E-state index contributed by atoms with van der Waals surface area (Å²) < 4.78 is 5.26. The van der Waals surface area contributed by atoms with Crippen LogP contribution in [0.5, 0.6) is 5.88 Å². The molecule has 0 radical (unpaired) electrons. The summed E-state index contributed by atoms with van der Waals surface area (Å²) in [4.78, 5) is 7.74. The van der Waals surface area contributed by atoms with E-state index in [4.69, 9.17) is 10.00 Å². The molecule has 74 valence electrons. The van der Waals surface area contributed by atoms with Gasteiger partial charge in [-0.2, -0.15) is 5.26 Å². The summed E-state index contributed by atoms with van der Waals surface area (Å²) in [5.41, 5.74) is 0.295. The molecule has 0 atom stereocenters. The topological polar surface area (TPSA) is 70.8 Å². The van der Waals surface area contributed by atoms with Crippen LogP contribution in [0.25, 0.3) is 0 Å². The van der Waals surface area contributed by atoms with Crippen LogP contribution in [0, 0.1) is 11.3 Å². The lowest BCUT2D eigenvalue weighted by molar-refractivity contribution is 0.302. The Hall–Kier alpha value is -1.67. The average molecular weight is 192 g/mol. The number of hydrogen-bond donors (Lipinski definition) is 1. The minimum atomic E-state index is 0.295. The molecule has 0 fully saturated rings. The van der Waals surface area contributed by atoms with Gasteiger partial charge in [0, 0.05) is 6.54 Å². The van der Waals surface area contributed by atoms with Gasteiger partial charge in [0.2, 0.25) is 5.88 Å². The molecule has 14 heavy (non-hydrogen) atoms. The largest absolute Gasteiger partial charge is 0.475 e. The number of likely N-dealkylation sites (N-methyl/N-ethyl adjacent to an activating group) is 1. The third kappa shape index (κ3) is 3.37. The van der Waals surface area contributed by atoms with Crippen molar-refractivity contribution in [2.75, 3.05) is 19.7 Å². The highest BCUT2D eigenvalue weighted by atomic mass is 16.5. The number of nitrogens with one attached hydrogen (secondary N) is 1. The summed E-state index contributed by atoms with van der Waals surface area (Å²) in [6.45, 7) is 4.27. The van der Waals surface area contributed by atoms with Crippen LogP contribution in [-0.4, -0.2) is 29.7 Å². The Morgan fingerprint density at radius 3 is 2.93 bits per heavy atom.